The van der Waals surface area contributed by atoms with Gasteiger partial charge in [0, 0.05) is 17.7 Å². The standard InChI is InChI=1S/C32H38ClN3O4/c1-31(2,3)23-14-17-32(18-15-23)35-27(24-6-4-5-7-25(24)33)30(40)36(32)28(20-8-9-20)21-10-12-22(13-11-21)29(39)34-19-16-26(37)38/h4-7,10-13,20,23,28H,8-9,14-19H2,1-3H3,(H,34,39)(H,37,38). The first-order valence-electron chi connectivity index (χ1n) is 14.3. The van der Waals surface area contributed by atoms with Crippen molar-refractivity contribution in [3.63, 3.8) is 0 Å². The summed E-state index contributed by atoms with van der Waals surface area (Å²) in [5, 5.41) is 12.0. The van der Waals surface area contributed by atoms with Gasteiger partial charge in [0.05, 0.1) is 17.5 Å². The molecule has 212 valence electrons. The number of rotatable bonds is 8. The summed E-state index contributed by atoms with van der Waals surface area (Å²) in [4.78, 5) is 45.0. The Bertz CT molecular complexity index is 1320. The van der Waals surface area contributed by atoms with Gasteiger partial charge < -0.3 is 15.3 Å². The van der Waals surface area contributed by atoms with E-state index in [1.165, 1.54) is 0 Å². The molecule has 1 heterocycles. The van der Waals surface area contributed by atoms with Crippen LogP contribution in [0.25, 0.3) is 0 Å². The fraction of sp³-hybridized carbons (Fsp3) is 0.500. The van der Waals surface area contributed by atoms with Crippen LogP contribution in [-0.4, -0.2) is 45.7 Å². The van der Waals surface area contributed by atoms with Crippen LogP contribution in [0, 0.1) is 17.3 Å². The number of hydrogen-bond donors (Lipinski definition) is 2. The van der Waals surface area contributed by atoms with Crippen LogP contribution < -0.4 is 5.32 Å². The van der Waals surface area contributed by atoms with E-state index in [9.17, 15) is 14.4 Å². The third-order valence-electron chi connectivity index (χ3n) is 8.82. The minimum atomic E-state index is -0.956. The van der Waals surface area contributed by atoms with Gasteiger partial charge in [-0.15, -0.1) is 0 Å². The minimum Gasteiger partial charge on any atom is -0.481 e. The van der Waals surface area contributed by atoms with Crippen LogP contribution >= 0.6 is 11.6 Å². The van der Waals surface area contributed by atoms with Gasteiger partial charge in [-0.05, 0) is 79.5 Å². The number of halogens is 1. The quantitative estimate of drug-likeness (QED) is 0.396. The Morgan fingerprint density at radius 2 is 1.73 bits per heavy atom. The monoisotopic (exact) mass is 563 g/mol. The van der Waals surface area contributed by atoms with Crippen molar-refractivity contribution >= 4 is 35.1 Å². The maximum absolute atomic E-state index is 14.3. The molecule has 2 amide bonds. The zero-order chi connectivity index (χ0) is 28.7. The molecule has 5 rings (SSSR count). The summed E-state index contributed by atoms with van der Waals surface area (Å²) in [5.74, 6) is -0.448. The molecule has 2 N–H and O–H groups in total. The number of nitrogens with zero attached hydrogens (tertiary/aromatic N) is 2. The summed E-state index contributed by atoms with van der Waals surface area (Å²) in [6, 6.07) is 14.7. The summed E-state index contributed by atoms with van der Waals surface area (Å²) < 4.78 is 0. The van der Waals surface area contributed by atoms with Gasteiger partial charge in [0.1, 0.15) is 11.4 Å². The van der Waals surface area contributed by atoms with E-state index < -0.39 is 11.6 Å². The second kappa shape index (κ2) is 11.0. The first-order valence-corrected chi connectivity index (χ1v) is 14.7. The Morgan fingerprint density at radius 3 is 2.30 bits per heavy atom. The molecule has 1 spiro atoms. The van der Waals surface area contributed by atoms with Crippen LogP contribution in [0.3, 0.4) is 0 Å². The smallest absolute Gasteiger partial charge is 0.305 e. The lowest BCUT2D eigenvalue weighted by Gasteiger charge is -2.47. The molecule has 1 atom stereocenters. The third-order valence-corrected chi connectivity index (χ3v) is 9.14. The van der Waals surface area contributed by atoms with Crippen molar-refractivity contribution in [2.24, 2.45) is 22.2 Å². The molecule has 2 aromatic rings. The molecular formula is C32H38ClN3O4. The number of aliphatic carboxylic acids is 1. The molecule has 0 bridgehead atoms. The highest BCUT2D eigenvalue weighted by atomic mass is 35.5. The number of carbonyl (C=O) groups excluding carboxylic acids is 2. The Hall–Kier alpha value is -3.19. The van der Waals surface area contributed by atoms with Crippen molar-refractivity contribution in [2.45, 2.75) is 77.4 Å². The zero-order valence-corrected chi connectivity index (χ0v) is 24.2. The summed E-state index contributed by atoms with van der Waals surface area (Å²) in [6.07, 6.45) is 5.56. The van der Waals surface area contributed by atoms with E-state index >= 15 is 0 Å². The van der Waals surface area contributed by atoms with E-state index in [2.05, 4.69) is 31.0 Å². The average Bonchev–Trinajstić information content (AvgIpc) is 3.71. The van der Waals surface area contributed by atoms with Gasteiger partial charge in [-0.1, -0.05) is 62.7 Å². The van der Waals surface area contributed by atoms with Gasteiger partial charge in [-0.3, -0.25) is 19.4 Å². The average molecular weight is 564 g/mol. The van der Waals surface area contributed by atoms with Crippen molar-refractivity contribution in [1.29, 1.82) is 0 Å². The molecule has 1 unspecified atom stereocenters. The van der Waals surface area contributed by atoms with Crippen molar-refractivity contribution in [2.75, 3.05) is 6.54 Å². The van der Waals surface area contributed by atoms with E-state index in [1.807, 2.05) is 30.3 Å². The molecule has 0 radical (unpaired) electrons. The third kappa shape index (κ3) is 5.67. The van der Waals surface area contributed by atoms with Crippen LogP contribution in [0.1, 0.15) is 93.2 Å². The molecule has 2 fully saturated rings. The van der Waals surface area contributed by atoms with E-state index in [0.717, 1.165) is 44.1 Å². The van der Waals surface area contributed by atoms with E-state index in [-0.39, 0.29) is 36.2 Å². The summed E-state index contributed by atoms with van der Waals surface area (Å²) in [5.41, 5.74) is 2.15. The SMILES string of the molecule is CC(C)(C)C1CCC2(CC1)N=C(c1ccccc1Cl)C(=O)N2C(c1ccc(C(=O)NCCC(=O)O)cc1)C1CC1. The molecular weight excluding hydrogens is 526 g/mol. The van der Waals surface area contributed by atoms with Crippen LogP contribution in [0.4, 0.5) is 0 Å². The lowest BCUT2D eigenvalue weighted by molar-refractivity contribution is -0.137. The number of nitrogens with one attached hydrogen (secondary N) is 1. The molecule has 2 aliphatic carbocycles. The Labute approximate surface area is 241 Å². The maximum Gasteiger partial charge on any atom is 0.305 e. The molecule has 3 aliphatic rings. The van der Waals surface area contributed by atoms with Crippen LogP contribution in [0.5, 0.6) is 0 Å². The molecule has 0 saturated heterocycles. The first kappa shape index (κ1) is 28.3. The Morgan fingerprint density at radius 1 is 1.07 bits per heavy atom. The fourth-order valence-electron chi connectivity index (χ4n) is 6.39. The molecule has 0 aromatic heterocycles. The second-order valence-corrected chi connectivity index (χ2v) is 12.9. The highest BCUT2D eigenvalue weighted by molar-refractivity contribution is 6.50. The topological polar surface area (TPSA) is 99.1 Å². The first-order chi connectivity index (χ1) is 19.0. The van der Waals surface area contributed by atoms with Gasteiger partial charge >= 0.3 is 5.97 Å². The second-order valence-electron chi connectivity index (χ2n) is 12.5. The lowest BCUT2D eigenvalue weighted by atomic mass is 9.69. The summed E-state index contributed by atoms with van der Waals surface area (Å²) >= 11 is 6.58. The molecule has 2 aromatic carbocycles. The van der Waals surface area contributed by atoms with E-state index in [4.69, 9.17) is 21.7 Å². The van der Waals surface area contributed by atoms with Crippen LogP contribution in [0.2, 0.25) is 5.02 Å². The van der Waals surface area contributed by atoms with Gasteiger partial charge in [0.25, 0.3) is 11.8 Å². The number of amides is 2. The maximum atomic E-state index is 14.3. The molecule has 2 saturated carbocycles. The number of benzene rings is 2. The molecule has 1 aliphatic heterocycles. The predicted octanol–water partition coefficient (Wildman–Crippen LogP) is 6.26. The minimum absolute atomic E-state index is 0.0726. The number of carboxylic acids is 1. The number of hydrogen-bond acceptors (Lipinski definition) is 4. The molecule has 8 heteroatoms. The number of carboxylic acid groups (broad SMARTS) is 1. The zero-order valence-electron chi connectivity index (χ0n) is 23.5. The number of carbonyl (C=O) groups is 3. The van der Waals surface area contributed by atoms with Gasteiger partial charge in [0.15, 0.2) is 0 Å². The van der Waals surface area contributed by atoms with E-state index in [0.29, 0.717) is 33.7 Å². The largest absolute Gasteiger partial charge is 0.481 e. The molecule has 40 heavy (non-hydrogen) atoms. The highest BCUT2D eigenvalue weighted by Crippen LogP contribution is 2.54. The van der Waals surface area contributed by atoms with Crippen molar-refractivity contribution in [1.82, 2.24) is 10.2 Å². The Balaban J connectivity index is 1.47. The normalized spacial score (nSPS) is 23.7. The summed E-state index contributed by atoms with van der Waals surface area (Å²) in [6.45, 7) is 6.94. The van der Waals surface area contributed by atoms with Gasteiger partial charge in [-0.25, -0.2) is 0 Å². The van der Waals surface area contributed by atoms with Crippen molar-refractivity contribution < 1.29 is 19.5 Å². The van der Waals surface area contributed by atoms with Crippen molar-refractivity contribution in [3.8, 4) is 0 Å². The van der Waals surface area contributed by atoms with Gasteiger partial charge in [0.2, 0.25) is 0 Å². The fourth-order valence-corrected chi connectivity index (χ4v) is 6.61. The summed E-state index contributed by atoms with van der Waals surface area (Å²) in [7, 11) is 0. The van der Waals surface area contributed by atoms with Crippen LogP contribution in [0.15, 0.2) is 53.5 Å². The highest BCUT2D eigenvalue weighted by Gasteiger charge is 2.55. The lowest BCUT2D eigenvalue weighted by Crippen LogP contribution is -2.52. The number of aliphatic imine (C=N–C) groups is 1. The Kier molecular flexibility index (Phi) is 7.79. The van der Waals surface area contributed by atoms with Crippen molar-refractivity contribution in [3.05, 3.63) is 70.2 Å². The van der Waals surface area contributed by atoms with E-state index in [1.54, 1.807) is 18.2 Å². The van der Waals surface area contributed by atoms with Crippen LogP contribution in [-0.2, 0) is 9.59 Å². The van der Waals surface area contributed by atoms with Gasteiger partial charge in [-0.2, -0.15) is 0 Å². The molecule has 7 nitrogen and oxygen atoms in total. The predicted molar refractivity (Wildman–Crippen MR) is 155 cm³/mol.